The van der Waals surface area contributed by atoms with E-state index in [-0.39, 0.29) is 23.7 Å². The molecule has 0 fully saturated rings. The van der Waals surface area contributed by atoms with Crippen molar-refractivity contribution < 1.29 is 10.0 Å². The Balaban J connectivity index is 2.74. The number of amides is 1. The third kappa shape index (κ3) is 3.22. The normalized spacial score (nSPS) is 15.4. The van der Waals surface area contributed by atoms with Gasteiger partial charge in [-0.3, -0.25) is 9.89 Å². The van der Waals surface area contributed by atoms with Crippen LogP contribution >= 0.6 is 0 Å². The lowest BCUT2D eigenvalue weighted by Gasteiger charge is -2.21. The van der Waals surface area contributed by atoms with Crippen LogP contribution in [0.25, 0.3) is 0 Å². The zero-order chi connectivity index (χ0) is 13.7. The first kappa shape index (κ1) is 14.0. The van der Waals surface area contributed by atoms with Gasteiger partial charge in [-0.2, -0.15) is 5.10 Å². The van der Waals surface area contributed by atoms with Gasteiger partial charge in [-0.25, -0.2) is 0 Å². The van der Waals surface area contributed by atoms with Crippen molar-refractivity contribution in [3.05, 3.63) is 18.0 Å². The van der Waals surface area contributed by atoms with Crippen molar-refractivity contribution in [2.75, 3.05) is 0 Å². The summed E-state index contributed by atoms with van der Waals surface area (Å²) in [6.45, 7) is 5.52. The predicted octanol–water partition coefficient (Wildman–Crippen LogP) is 0.605. The number of H-pyrrole nitrogens is 1. The molecule has 0 aliphatic rings. The van der Waals surface area contributed by atoms with Gasteiger partial charge in [-0.05, 0) is 12.8 Å². The summed E-state index contributed by atoms with van der Waals surface area (Å²) in [6.07, 6.45) is 3.34. The number of nitrogens with zero attached hydrogens (tertiary/aromatic N) is 2. The van der Waals surface area contributed by atoms with Gasteiger partial charge in [-0.15, -0.1) is 0 Å². The van der Waals surface area contributed by atoms with E-state index in [1.54, 1.807) is 12.4 Å². The average Bonchev–Trinajstić information content (AvgIpc) is 2.81. The summed E-state index contributed by atoms with van der Waals surface area (Å²) in [5.74, 6) is -1.06. The Bertz CT molecular complexity index is 413. The molecule has 0 radical (unpaired) electrons. The fraction of sp³-hybridized carbons (Fsp3) is 0.545. The van der Waals surface area contributed by atoms with E-state index >= 15 is 0 Å². The van der Waals surface area contributed by atoms with Gasteiger partial charge in [0.25, 0.3) is 0 Å². The topological polar surface area (TPSA) is 116 Å². The van der Waals surface area contributed by atoms with Gasteiger partial charge in [0.2, 0.25) is 5.91 Å². The second-order valence-electron chi connectivity index (χ2n) is 4.51. The first-order chi connectivity index (χ1) is 8.47. The van der Waals surface area contributed by atoms with Gasteiger partial charge < -0.3 is 16.3 Å². The molecule has 18 heavy (non-hydrogen) atoms. The Kier molecular flexibility index (Phi) is 4.70. The number of rotatable bonds is 5. The Morgan fingerprint density at radius 1 is 1.56 bits per heavy atom. The predicted molar refractivity (Wildman–Crippen MR) is 66.9 cm³/mol. The molecule has 2 unspecified atom stereocenters. The van der Waals surface area contributed by atoms with Crippen LogP contribution in [0.5, 0.6) is 0 Å². The third-order valence-electron chi connectivity index (χ3n) is 2.76. The molecule has 1 aromatic heterocycles. The van der Waals surface area contributed by atoms with Crippen molar-refractivity contribution in [1.82, 2.24) is 15.5 Å². The average molecular weight is 253 g/mol. The van der Waals surface area contributed by atoms with E-state index in [0.717, 1.165) is 5.56 Å². The summed E-state index contributed by atoms with van der Waals surface area (Å²) in [5.41, 5.74) is 6.40. The largest absolute Gasteiger partial charge is 0.409 e. The van der Waals surface area contributed by atoms with Gasteiger partial charge in [-0.1, -0.05) is 19.0 Å². The number of nitrogens with one attached hydrogen (secondary N) is 2. The number of carbonyl (C=O) groups excluding carboxylic acids is 1. The number of nitrogens with two attached hydrogens (primary N) is 1. The van der Waals surface area contributed by atoms with Crippen molar-refractivity contribution in [3.8, 4) is 0 Å². The minimum absolute atomic E-state index is 0.0579. The van der Waals surface area contributed by atoms with Crippen LogP contribution in [0.3, 0.4) is 0 Å². The summed E-state index contributed by atoms with van der Waals surface area (Å²) in [6, 6.07) is -0.191. The molecule has 0 aromatic carbocycles. The van der Waals surface area contributed by atoms with Crippen molar-refractivity contribution >= 4 is 11.7 Å². The van der Waals surface area contributed by atoms with Crippen molar-refractivity contribution in [3.63, 3.8) is 0 Å². The maximum atomic E-state index is 12.1. The number of hydrogen-bond donors (Lipinski definition) is 4. The summed E-state index contributed by atoms with van der Waals surface area (Å²) in [4.78, 5) is 12.1. The summed E-state index contributed by atoms with van der Waals surface area (Å²) in [5, 5.41) is 20.9. The highest BCUT2D eigenvalue weighted by molar-refractivity contribution is 6.02. The number of hydrogen-bond acceptors (Lipinski definition) is 4. The standard InChI is InChI=1S/C11H19N5O2/c1-6(2)9(10(12)16-18)11(17)15-7(3)8-4-13-14-5-8/h4-7,9,18H,1-3H3,(H2,12,16)(H,13,14)(H,15,17). The highest BCUT2D eigenvalue weighted by Crippen LogP contribution is 2.15. The van der Waals surface area contributed by atoms with Crippen LogP contribution in [0.15, 0.2) is 17.5 Å². The van der Waals surface area contributed by atoms with E-state index in [1.165, 1.54) is 0 Å². The van der Waals surface area contributed by atoms with Crippen molar-refractivity contribution in [2.45, 2.75) is 26.8 Å². The summed E-state index contributed by atoms with van der Waals surface area (Å²) in [7, 11) is 0. The highest BCUT2D eigenvalue weighted by Gasteiger charge is 2.27. The maximum absolute atomic E-state index is 12.1. The van der Waals surface area contributed by atoms with Crippen molar-refractivity contribution in [2.24, 2.45) is 22.7 Å². The molecule has 0 aliphatic heterocycles. The van der Waals surface area contributed by atoms with Crippen LogP contribution in [0.1, 0.15) is 32.4 Å². The van der Waals surface area contributed by atoms with Crippen LogP contribution in [0.4, 0.5) is 0 Å². The fourth-order valence-electron chi connectivity index (χ4n) is 1.72. The van der Waals surface area contributed by atoms with E-state index < -0.39 is 5.92 Å². The Morgan fingerprint density at radius 3 is 2.67 bits per heavy atom. The molecule has 1 heterocycles. The lowest BCUT2D eigenvalue weighted by molar-refractivity contribution is -0.124. The highest BCUT2D eigenvalue weighted by atomic mass is 16.4. The minimum Gasteiger partial charge on any atom is -0.409 e. The molecule has 1 rings (SSSR count). The Morgan fingerprint density at radius 2 is 2.22 bits per heavy atom. The molecule has 2 atom stereocenters. The number of amidine groups is 1. The van der Waals surface area contributed by atoms with Crippen molar-refractivity contribution in [1.29, 1.82) is 0 Å². The lowest BCUT2D eigenvalue weighted by Crippen LogP contribution is -2.42. The molecule has 1 aromatic rings. The molecule has 7 heteroatoms. The van der Waals surface area contributed by atoms with E-state index in [4.69, 9.17) is 10.9 Å². The molecule has 0 saturated carbocycles. The van der Waals surface area contributed by atoms with E-state index in [0.29, 0.717) is 0 Å². The zero-order valence-corrected chi connectivity index (χ0v) is 10.7. The van der Waals surface area contributed by atoms with E-state index in [2.05, 4.69) is 20.7 Å². The van der Waals surface area contributed by atoms with Gasteiger partial charge >= 0.3 is 0 Å². The quantitative estimate of drug-likeness (QED) is 0.266. The summed E-state index contributed by atoms with van der Waals surface area (Å²) >= 11 is 0. The molecular formula is C11H19N5O2. The van der Waals surface area contributed by atoms with Gasteiger partial charge in [0.15, 0.2) is 5.84 Å². The number of carbonyl (C=O) groups is 1. The number of aromatic nitrogens is 2. The van der Waals surface area contributed by atoms with Gasteiger partial charge in [0.05, 0.1) is 12.2 Å². The van der Waals surface area contributed by atoms with Crippen LogP contribution in [-0.4, -0.2) is 27.1 Å². The van der Waals surface area contributed by atoms with Crippen LogP contribution < -0.4 is 11.1 Å². The zero-order valence-electron chi connectivity index (χ0n) is 10.7. The van der Waals surface area contributed by atoms with E-state index in [1.807, 2.05) is 20.8 Å². The number of oxime groups is 1. The van der Waals surface area contributed by atoms with E-state index in [9.17, 15) is 4.79 Å². The molecule has 0 aliphatic carbocycles. The molecule has 0 spiro atoms. The minimum atomic E-state index is -0.649. The Labute approximate surface area is 105 Å². The molecule has 0 bridgehead atoms. The lowest BCUT2D eigenvalue weighted by atomic mass is 9.93. The Hall–Kier alpha value is -2.05. The summed E-state index contributed by atoms with van der Waals surface area (Å²) < 4.78 is 0. The smallest absolute Gasteiger partial charge is 0.231 e. The van der Waals surface area contributed by atoms with Gasteiger partial charge in [0.1, 0.15) is 5.92 Å². The molecule has 100 valence electrons. The molecular weight excluding hydrogens is 234 g/mol. The van der Waals surface area contributed by atoms with Gasteiger partial charge in [0, 0.05) is 11.8 Å². The first-order valence-corrected chi connectivity index (χ1v) is 5.73. The third-order valence-corrected chi connectivity index (χ3v) is 2.76. The van der Waals surface area contributed by atoms with Crippen LogP contribution in [0, 0.1) is 11.8 Å². The molecule has 0 saturated heterocycles. The second-order valence-corrected chi connectivity index (χ2v) is 4.51. The maximum Gasteiger partial charge on any atom is 0.231 e. The second kappa shape index (κ2) is 6.04. The SMILES string of the molecule is CC(NC(=O)C(C(N)=NO)C(C)C)c1cn[nH]c1. The number of aromatic amines is 1. The molecule has 7 nitrogen and oxygen atoms in total. The molecule has 1 amide bonds. The monoisotopic (exact) mass is 253 g/mol. The molecule has 5 N–H and O–H groups in total. The first-order valence-electron chi connectivity index (χ1n) is 5.73. The van der Waals surface area contributed by atoms with Crippen LogP contribution in [-0.2, 0) is 4.79 Å². The fourth-order valence-corrected chi connectivity index (χ4v) is 1.72. The van der Waals surface area contributed by atoms with Crippen LogP contribution in [0.2, 0.25) is 0 Å².